The molecule has 0 spiro atoms. The summed E-state index contributed by atoms with van der Waals surface area (Å²) in [5.74, 6) is 0. The maximum absolute atomic E-state index is 4.19. The SMILES string of the molecule is C1=COON=C1.c1ccccc1. The average molecular weight is 163 g/mol. The van der Waals surface area contributed by atoms with Gasteiger partial charge in [-0.2, -0.15) is 4.99 Å². The summed E-state index contributed by atoms with van der Waals surface area (Å²) >= 11 is 0. The van der Waals surface area contributed by atoms with Gasteiger partial charge in [-0.3, -0.25) is 4.89 Å². The molecule has 0 atom stereocenters. The van der Waals surface area contributed by atoms with Gasteiger partial charge in [-0.05, 0) is 11.2 Å². The van der Waals surface area contributed by atoms with Crippen LogP contribution in [0.2, 0.25) is 0 Å². The molecule has 3 heteroatoms. The number of allylic oxidation sites excluding steroid dienone is 1. The molecule has 0 unspecified atom stereocenters. The normalized spacial score (nSPS) is 12.0. The molecule has 1 aliphatic heterocycles. The fourth-order valence-corrected chi connectivity index (χ4v) is 0.562. The number of hydrogen-bond donors (Lipinski definition) is 0. The lowest BCUT2D eigenvalue weighted by atomic mass is 10.4. The van der Waals surface area contributed by atoms with Crippen molar-refractivity contribution in [3.05, 3.63) is 48.7 Å². The van der Waals surface area contributed by atoms with Crippen molar-refractivity contribution in [1.29, 1.82) is 0 Å². The first-order chi connectivity index (χ1) is 6.00. The molecule has 0 bridgehead atoms. The Morgan fingerprint density at radius 3 is 1.58 bits per heavy atom. The van der Waals surface area contributed by atoms with Gasteiger partial charge in [0.1, 0.15) is 6.26 Å². The molecule has 0 amide bonds. The predicted octanol–water partition coefficient (Wildman–Crippen LogP) is 2.13. The Kier molecular flexibility index (Phi) is 4.15. The van der Waals surface area contributed by atoms with E-state index in [0.717, 1.165) is 0 Å². The van der Waals surface area contributed by atoms with E-state index in [-0.39, 0.29) is 0 Å². The second kappa shape index (κ2) is 5.97. The van der Waals surface area contributed by atoms with E-state index in [1.807, 2.05) is 36.4 Å². The van der Waals surface area contributed by atoms with Crippen molar-refractivity contribution >= 4 is 6.21 Å². The third-order valence-electron chi connectivity index (χ3n) is 1.03. The van der Waals surface area contributed by atoms with Crippen molar-refractivity contribution in [2.45, 2.75) is 0 Å². The van der Waals surface area contributed by atoms with Crippen molar-refractivity contribution in [3.8, 4) is 0 Å². The summed E-state index contributed by atoms with van der Waals surface area (Å²) in [5, 5.41) is 3.24. The quantitative estimate of drug-likeness (QED) is 0.548. The largest absolute Gasteiger partial charge is 0.275 e. The van der Waals surface area contributed by atoms with E-state index in [2.05, 4.69) is 15.0 Å². The van der Waals surface area contributed by atoms with E-state index in [9.17, 15) is 0 Å². The summed E-state index contributed by atoms with van der Waals surface area (Å²) in [6.07, 6.45) is 4.51. The van der Waals surface area contributed by atoms with Gasteiger partial charge in [-0.25, -0.2) is 0 Å². The molecule has 1 heterocycles. The zero-order chi connectivity index (χ0) is 8.49. The first-order valence-electron chi connectivity index (χ1n) is 3.51. The van der Waals surface area contributed by atoms with E-state index >= 15 is 0 Å². The van der Waals surface area contributed by atoms with Crippen LogP contribution in [-0.4, -0.2) is 6.21 Å². The van der Waals surface area contributed by atoms with Crippen molar-refractivity contribution in [1.82, 2.24) is 0 Å². The highest BCUT2D eigenvalue weighted by Crippen LogP contribution is 1.84. The third kappa shape index (κ3) is 4.11. The molecule has 0 fully saturated rings. The molecule has 1 aliphatic rings. The fraction of sp³-hybridized carbons (Fsp3) is 0. The number of rotatable bonds is 0. The van der Waals surface area contributed by atoms with Crippen LogP contribution in [0.4, 0.5) is 0 Å². The number of benzene rings is 1. The summed E-state index contributed by atoms with van der Waals surface area (Å²) in [6, 6.07) is 12.0. The van der Waals surface area contributed by atoms with E-state index in [0.29, 0.717) is 0 Å². The van der Waals surface area contributed by atoms with E-state index in [4.69, 9.17) is 0 Å². The lowest BCUT2D eigenvalue weighted by molar-refractivity contribution is -0.251. The number of nitrogens with zero attached hydrogens (tertiary/aromatic N) is 1. The monoisotopic (exact) mass is 163 g/mol. The smallest absolute Gasteiger partial charge is 0.147 e. The standard InChI is InChI=1S/C6H6.C3H3NO2/c2*1-2-4-6-5-3-1/h1-6H;1-3H. The van der Waals surface area contributed by atoms with Crippen molar-refractivity contribution in [3.63, 3.8) is 0 Å². The number of oxime groups is 1. The Morgan fingerprint density at radius 2 is 1.42 bits per heavy atom. The molecular formula is C9H9NO2. The Balaban J connectivity index is 0.000000120. The lowest BCUT2D eigenvalue weighted by Crippen LogP contribution is -1.82. The molecular weight excluding hydrogens is 154 g/mol. The van der Waals surface area contributed by atoms with Gasteiger partial charge < -0.3 is 0 Å². The van der Waals surface area contributed by atoms with Crippen LogP contribution in [-0.2, 0) is 9.88 Å². The molecule has 1 aromatic carbocycles. The molecule has 0 saturated heterocycles. The predicted molar refractivity (Wildman–Crippen MR) is 46.2 cm³/mol. The zero-order valence-electron chi connectivity index (χ0n) is 6.46. The maximum atomic E-state index is 4.19. The lowest BCUT2D eigenvalue weighted by Gasteiger charge is -1.92. The topological polar surface area (TPSA) is 30.8 Å². The second-order valence-electron chi connectivity index (χ2n) is 1.91. The molecule has 0 radical (unpaired) electrons. The molecule has 1 aromatic rings. The minimum Gasteiger partial charge on any atom is -0.275 e. The van der Waals surface area contributed by atoms with Crippen LogP contribution >= 0.6 is 0 Å². The zero-order valence-corrected chi connectivity index (χ0v) is 6.46. The van der Waals surface area contributed by atoms with Crippen LogP contribution in [0, 0.1) is 0 Å². The summed E-state index contributed by atoms with van der Waals surface area (Å²) < 4.78 is 0. The van der Waals surface area contributed by atoms with Crippen molar-refractivity contribution in [2.24, 2.45) is 5.16 Å². The molecule has 12 heavy (non-hydrogen) atoms. The average Bonchev–Trinajstić information content (AvgIpc) is 2.24. The van der Waals surface area contributed by atoms with Crippen LogP contribution < -0.4 is 0 Å². The number of hydrogen-bond acceptors (Lipinski definition) is 3. The van der Waals surface area contributed by atoms with Crippen LogP contribution in [0.25, 0.3) is 0 Å². The van der Waals surface area contributed by atoms with Crippen LogP contribution in [0.5, 0.6) is 0 Å². The molecule has 0 N–H and O–H groups in total. The van der Waals surface area contributed by atoms with Gasteiger partial charge in [0.15, 0.2) is 0 Å². The van der Waals surface area contributed by atoms with Gasteiger partial charge >= 0.3 is 0 Å². The minimum atomic E-state index is 1.40. The Labute approximate surface area is 70.8 Å². The summed E-state index contributed by atoms with van der Waals surface area (Å²) in [4.78, 5) is 8.24. The molecule has 0 aliphatic carbocycles. The first-order valence-corrected chi connectivity index (χ1v) is 3.51. The maximum Gasteiger partial charge on any atom is 0.147 e. The summed E-state index contributed by atoms with van der Waals surface area (Å²) in [6.45, 7) is 0. The molecule has 0 aromatic heterocycles. The van der Waals surface area contributed by atoms with E-state index in [1.165, 1.54) is 12.5 Å². The van der Waals surface area contributed by atoms with Crippen LogP contribution in [0.1, 0.15) is 0 Å². The Hall–Kier alpha value is -1.77. The van der Waals surface area contributed by atoms with Crippen molar-refractivity contribution < 1.29 is 9.88 Å². The van der Waals surface area contributed by atoms with E-state index < -0.39 is 0 Å². The van der Waals surface area contributed by atoms with Gasteiger partial charge in [0, 0.05) is 0 Å². The highest BCUT2D eigenvalue weighted by molar-refractivity contribution is 5.70. The summed E-state index contributed by atoms with van der Waals surface area (Å²) in [7, 11) is 0. The highest BCUT2D eigenvalue weighted by Gasteiger charge is 1.77. The fourth-order valence-electron chi connectivity index (χ4n) is 0.562. The van der Waals surface area contributed by atoms with Crippen LogP contribution in [0.15, 0.2) is 53.9 Å². The highest BCUT2D eigenvalue weighted by atomic mass is 17.3. The van der Waals surface area contributed by atoms with Gasteiger partial charge in [0.25, 0.3) is 0 Å². The second-order valence-corrected chi connectivity index (χ2v) is 1.91. The molecule has 0 saturated carbocycles. The van der Waals surface area contributed by atoms with Gasteiger partial charge in [-0.1, -0.05) is 36.4 Å². The summed E-state index contributed by atoms with van der Waals surface area (Å²) in [5.41, 5.74) is 0. The van der Waals surface area contributed by atoms with Gasteiger partial charge in [0.05, 0.1) is 6.21 Å². The molecule has 2 rings (SSSR count). The van der Waals surface area contributed by atoms with Gasteiger partial charge in [-0.15, -0.1) is 0 Å². The van der Waals surface area contributed by atoms with Gasteiger partial charge in [0.2, 0.25) is 0 Å². The van der Waals surface area contributed by atoms with Crippen LogP contribution in [0.3, 0.4) is 0 Å². The Bertz CT molecular complexity index is 205. The first kappa shape index (κ1) is 8.33. The molecule has 62 valence electrons. The molecule has 3 nitrogen and oxygen atoms in total. The minimum absolute atomic E-state index is 1.40. The Morgan fingerprint density at radius 1 is 0.833 bits per heavy atom. The third-order valence-corrected chi connectivity index (χ3v) is 1.03. The van der Waals surface area contributed by atoms with Crippen molar-refractivity contribution in [2.75, 3.05) is 0 Å². The van der Waals surface area contributed by atoms with E-state index in [1.54, 1.807) is 6.08 Å².